The second-order valence-electron chi connectivity index (χ2n) is 4.54. The lowest BCUT2D eigenvalue weighted by atomic mass is 10.1. The van der Waals surface area contributed by atoms with Crippen LogP contribution in [0.2, 0.25) is 5.02 Å². The first-order chi connectivity index (χ1) is 9.33. The third kappa shape index (κ3) is 2.94. The fourth-order valence-corrected chi connectivity index (χ4v) is 2.39. The van der Waals surface area contributed by atoms with E-state index in [0.717, 1.165) is 31.1 Å². The predicted octanol–water partition coefficient (Wildman–Crippen LogP) is 2.03. The van der Waals surface area contributed by atoms with E-state index in [0.29, 0.717) is 11.6 Å². The second-order valence-corrected chi connectivity index (χ2v) is 4.98. The van der Waals surface area contributed by atoms with Gasteiger partial charge in [-0.05, 0) is 18.2 Å². The number of aromatic nitrogens is 3. The number of halogens is 1. The van der Waals surface area contributed by atoms with Crippen molar-refractivity contribution in [1.29, 1.82) is 0 Å². The van der Waals surface area contributed by atoms with Crippen molar-refractivity contribution in [1.82, 2.24) is 20.1 Å². The molecule has 0 bridgehead atoms. The van der Waals surface area contributed by atoms with Gasteiger partial charge in [0.2, 0.25) is 0 Å². The van der Waals surface area contributed by atoms with Crippen LogP contribution in [-0.2, 0) is 11.3 Å². The zero-order chi connectivity index (χ0) is 13.1. The van der Waals surface area contributed by atoms with Crippen LogP contribution in [0.15, 0.2) is 30.6 Å². The molecular weight excluding hydrogens is 264 g/mol. The van der Waals surface area contributed by atoms with Crippen LogP contribution in [0.4, 0.5) is 0 Å². The molecule has 0 saturated carbocycles. The summed E-state index contributed by atoms with van der Waals surface area (Å²) >= 11 is 5.85. The SMILES string of the molecule is Clc1ccc(CN2CCOCC2c2ccn[nH]2)nc1. The van der Waals surface area contributed by atoms with Crippen LogP contribution >= 0.6 is 11.6 Å². The molecule has 0 spiro atoms. The number of aromatic amines is 1. The third-order valence-corrected chi connectivity index (χ3v) is 3.50. The highest BCUT2D eigenvalue weighted by atomic mass is 35.5. The lowest BCUT2D eigenvalue weighted by molar-refractivity contribution is -0.0148. The molecule has 0 amide bonds. The molecular formula is C13H15ClN4O. The van der Waals surface area contributed by atoms with E-state index in [2.05, 4.69) is 20.1 Å². The number of pyridine rings is 1. The number of hydrogen-bond acceptors (Lipinski definition) is 4. The van der Waals surface area contributed by atoms with Gasteiger partial charge in [-0.1, -0.05) is 11.6 Å². The van der Waals surface area contributed by atoms with Crippen molar-refractivity contribution >= 4 is 11.6 Å². The van der Waals surface area contributed by atoms with Crippen LogP contribution in [0, 0.1) is 0 Å². The van der Waals surface area contributed by atoms with Gasteiger partial charge in [0.25, 0.3) is 0 Å². The Morgan fingerprint density at radius 2 is 2.37 bits per heavy atom. The van der Waals surface area contributed by atoms with Crippen molar-refractivity contribution in [3.63, 3.8) is 0 Å². The van der Waals surface area contributed by atoms with Crippen LogP contribution in [0.25, 0.3) is 0 Å². The van der Waals surface area contributed by atoms with Crippen molar-refractivity contribution in [2.45, 2.75) is 12.6 Å². The van der Waals surface area contributed by atoms with Crippen molar-refractivity contribution < 1.29 is 4.74 Å². The van der Waals surface area contributed by atoms with Gasteiger partial charge in [0.15, 0.2) is 0 Å². The lowest BCUT2D eigenvalue weighted by Gasteiger charge is -2.34. The van der Waals surface area contributed by atoms with Gasteiger partial charge >= 0.3 is 0 Å². The maximum atomic E-state index is 5.85. The highest BCUT2D eigenvalue weighted by Crippen LogP contribution is 2.24. The fourth-order valence-electron chi connectivity index (χ4n) is 2.27. The smallest absolute Gasteiger partial charge is 0.0756 e. The number of ether oxygens (including phenoxy) is 1. The van der Waals surface area contributed by atoms with Gasteiger partial charge in [-0.15, -0.1) is 0 Å². The molecule has 1 atom stereocenters. The molecule has 1 saturated heterocycles. The number of rotatable bonds is 3. The van der Waals surface area contributed by atoms with E-state index in [9.17, 15) is 0 Å². The van der Waals surface area contributed by atoms with Gasteiger partial charge < -0.3 is 4.74 Å². The Morgan fingerprint density at radius 3 is 3.11 bits per heavy atom. The normalized spacial score (nSPS) is 20.6. The number of hydrogen-bond donors (Lipinski definition) is 1. The van der Waals surface area contributed by atoms with Gasteiger partial charge in [0, 0.05) is 25.5 Å². The highest BCUT2D eigenvalue weighted by molar-refractivity contribution is 6.30. The zero-order valence-electron chi connectivity index (χ0n) is 10.4. The Morgan fingerprint density at radius 1 is 1.42 bits per heavy atom. The second kappa shape index (κ2) is 5.69. The van der Waals surface area contributed by atoms with E-state index >= 15 is 0 Å². The third-order valence-electron chi connectivity index (χ3n) is 3.27. The van der Waals surface area contributed by atoms with Crippen LogP contribution in [0.5, 0.6) is 0 Å². The molecule has 19 heavy (non-hydrogen) atoms. The standard InChI is InChI=1S/C13H15ClN4O/c14-10-1-2-11(15-7-10)8-18-5-6-19-9-13(18)12-3-4-16-17-12/h1-4,7,13H,5-6,8-9H2,(H,16,17). The molecule has 3 heterocycles. The minimum absolute atomic E-state index is 0.203. The molecule has 0 radical (unpaired) electrons. The van der Waals surface area contributed by atoms with E-state index in [1.807, 2.05) is 18.2 Å². The summed E-state index contributed by atoms with van der Waals surface area (Å²) < 4.78 is 5.56. The summed E-state index contributed by atoms with van der Waals surface area (Å²) in [6.45, 7) is 3.09. The first-order valence-corrected chi connectivity index (χ1v) is 6.62. The summed E-state index contributed by atoms with van der Waals surface area (Å²) in [6.07, 6.45) is 3.45. The maximum absolute atomic E-state index is 5.85. The molecule has 3 rings (SSSR count). The molecule has 5 nitrogen and oxygen atoms in total. The molecule has 1 fully saturated rings. The van der Waals surface area contributed by atoms with E-state index in [-0.39, 0.29) is 6.04 Å². The average molecular weight is 279 g/mol. The number of H-pyrrole nitrogens is 1. The van der Waals surface area contributed by atoms with Gasteiger partial charge in [-0.2, -0.15) is 5.10 Å². The summed E-state index contributed by atoms with van der Waals surface area (Å²) in [5.74, 6) is 0. The molecule has 1 aliphatic rings. The minimum Gasteiger partial charge on any atom is -0.378 e. The van der Waals surface area contributed by atoms with E-state index in [1.165, 1.54) is 0 Å². The summed E-state index contributed by atoms with van der Waals surface area (Å²) in [5, 5.41) is 7.69. The predicted molar refractivity (Wildman–Crippen MR) is 71.8 cm³/mol. The molecule has 2 aromatic heterocycles. The quantitative estimate of drug-likeness (QED) is 0.933. The Hall–Kier alpha value is -1.43. The van der Waals surface area contributed by atoms with Crippen molar-refractivity contribution in [2.75, 3.05) is 19.8 Å². The summed E-state index contributed by atoms with van der Waals surface area (Å²) in [4.78, 5) is 6.69. The van der Waals surface area contributed by atoms with Crippen molar-refractivity contribution in [2.24, 2.45) is 0 Å². The highest BCUT2D eigenvalue weighted by Gasteiger charge is 2.25. The fraction of sp³-hybridized carbons (Fsp3) is 0.385. The first-order valence-electron chi connectivity index (χ1n) is 6.24. The zero-order valence-corrected chi connectivity index (χ0v) is 11.2. The first kappa shape index (κ1) is 12.6. The Labute approximate surface area is 116 Å². The summed E-state index contributed by atoms with van der Waals surface area (Å²) in [5.41, 5.74) is 2.09. The molecule has 2 aromatic rings. The number of morpholine rings is 1. The largest absolute Gasteiger partial charge is 0.378 e. The monoisotopic (exact) mass is 278 g/mol. The molecule has 0 aliphatic carbocycles. The van der Waals surface area contributed by atoms with E-state index < -0.39 is 0 Å². The van der Waals surface area contributed by atoms with Gasteiger partial charge in [-0.25, -0.2) is 0 Å². The minimum atomic E-state index is 0.203. The molecule has 1 unspecified atom stereocenters. The van der Waals surface area contributed by atoms with E-state index in [1.54, 1.807) is 12.4 Å². The Kier molecular flexibility index (Phi) is 3.77. The molecule has 1 aliphatic heterocycles. The van der Waals surface area contributed by atoms with Crippen LogP contribution in [0.3, 0.4) is 0 Å². The number of nitrogens with zero attached hydrogens (tertiary/aromatic N) is 3. The van der Waals surface area contributed by atoms with Crippen LogP contribution in [-0.4, -0.2) is 39.8 Å². The summed E-state index contributed by atoms with van der Waals surface area (Å²) in [6, 6.07) is 6.02. The van der Waals surface area contributed by atoms with Crippen molar-refractivity contribution in [3.05, 3.63) is 47.0 Å². The summed E-state index contributed by atoms with van der Waals surface area (Å²) in [7, 11) is 0. The average Bonchev–Trinajstić information content (AvgIpc) is 2.96. The van der Waals surface area contributed by atoms with Gasteiger partial charge in [0.05, 0.1) is 35.7 Å². The van der Waals surface area contributed by atoms with Gasteiger partial charge in [-0.3, -0.25) is 15.0 Å². The van der Waals surface area contributed by atoms with Crippen LogP contribution < -0.4 is 0 Å². The van der Waals surface area contributed by atoms with Crippen LogP contribution in [0.1, 0.15) is 17.4 Å². The van der Waals surface area contributed by atoms with E-state index in [4.69, 9.17) is 16.3 Å². The molecule has 100 valence electrons. The topological polar surface area (TPSA) is 54.0 Å². The lowest BCUT2D eigenvalue weighted by Crippen LogP contribution is -2.39. The molecule has 6 heteroatoms. The molecule has 1 N–H and O–H groups in total. The maximum Gasteiger partial charge on any atom is 0.0756 e. The van der Waals surface area contributed by atoms with Gasteiger partial charge in [0.1, 0.15) is 0 Å². The van der Waals surface area contributed by atoms with Crippen molar-refractivity contribution in [3.8, 4) is 0 Å². The molecule has 0 aromatic carbocycles. The Balaban J connectivity index is 1.75. The number of nitrogens with one attached hydrogen (secondary N) is 1. The Bertz CT molecular complexity index is 514.